The lowest BCUT2D eigenvalue weighted by atomic mass is 9.91. The molecule has 3 aromatic rings. The number of hydrogen-bond acceptors (Lipinski definition) is 9. The molecule has 5 rings (SSSR count). The first-order valence-electron chi connectivity index (χ1n) is 13.8. The number of nitrogens with one attached hydrogen (secondary N) is 2. The maximum Gasteiger partial charge on any atom is 0.254 e. The van der Waals surface area contributed by atoms with Gasteiger partial charge in [0, 0.05) is 25.6 Å². The average molecular weight is 568 g/mol. The summed E-state index contributed by atoms with van der Waals surface area (Å²) in [6.07, 6.45) is 0.292. The summed E-state index contributed by atoms with van der Waals surface area (Å²) in [6.45, 7) is 9.46. The van der Waals surface area contributed by atoms with Gasteiger partial charge in [-0.25, -0.2) is 4.98 Å². The van der Waals surface area contributed by atoms with Gasteiger partial charge in [0.15, 0.2) is 5.76 Å². The van der Waals surface area contributed by atoms with Crippen LogP contribution < -0.4 is 15.4 Å². The van der Waals surface area contributed by atoms with Crippen molar-refractivity contribution in [2.45, 2.75) is 70.7 Å². The van der Waals surface area contributed by atoms with Gasteiger partial charge in [0.25, 0.3) is 5.88 Å². The zero-order chi connectivity index (χ0) is 28.4. The van der Waals surface area contributed by atoms with Crippen LogP contribution in [-0.4, -0.2) is 69.8 Å². The van der Waals surface area contributed by atoms with Gasteiger partial charge in [-0.3, -0.25) is 9.59 Å². The van der Waals surface area contributed by atoms with Crippen molar-refractivity contribution in [1.29, 1.82) is 0 Å². The second-order valence-electron chi connectivity index (χ2n) is 11.0. The van der Waals surface area contributed by atoms with E-state index in [9.17, 15) is 14.7 Å². The summed E-state index contributed by atoms with van der Waals surface area (Å²) in [4.78, 5) is 34.2. The number of aryl methyl sites for hydroxylation is 1. The molecule has 10 nitrogen and oxygen atoms in total. The molecule has 214 valence electrons. The molecule has 2 fully saturated rings. The Kier molecular flexibility index (Phi) is 8.53. The Morgan fingerprint density at radius 2 is 2.02 bits per heavy atom. The molecule has 2 saturated heterocycles. The number of carbonyl (C=O) groups is 2. The summed E-state index contributed by atoms with van der Waals surface area (Å²) in [5.74, 6) is -0.601. The maximum atomic E-state index is 13.8. The number of aliphatic hydroxyl groups is 1. The average Bonchev–Trinajstić information content (AvgIpc) is 3.73. The summed E-state index contributed by atoms with van der Waals surface area (Å²) in [7, 11) is 0. The Hall–Kier alpha value is -3.28. The number of aromatic nitrogens is 2. The van der Waals surface area contributed by atoms with E-state index in [4.69, 9.17) is 9.26 Å². The van der Waals surface area contributed by atoms with Crippen LogP contribution in [0.3, 0.4) is 0 Å². The number of aliphatic hydroxyl groups excluding tert-OH is 1. The summed E-state index contributed by atoms with van der Waals surface area (Å²) in [6, 6.07) is 8.64. The van der Waals surface area contributed by atoms with Gasteiger partial charge < -0.3 is 29.9 Å². The van der Waals surface area contributed by atoms with E-state index in [0.29, 0.717) is 11.6 Å². The van der Waals surface area contributed by atoms with Crippen LogP contribution in [-0.2, 0) is 9.59 Å². The zero-order valence-corrected chi connectivity index (χ0v) is 24.1. The molecule has 1 unspecified atom stereocenters. The van der Waals surface area contributed by atoms with Crippen LogP contribution in [0.5, 0.6) is 5.88 Å². The minimum Gasteiger partial charge on any atom is -0.471 e. The van der Waals surface area contributed by atoms with E-state index in [2.05, 4.69) is 20.8 Å². The van der Waals surface area contributed by atoms with Crippen molar-refractivity contribution in [3.63, 3.8) is 0 Å². The normalized spacial score (nSPS) is 22.4. The predicted octanol–water partition coefficient (Wildman–Crippen LogP) is 3.43. The maximum absolute atomic E-state index is 13.8. The third kappa shape index (κ3) is 6.06. The van der Waals surface area contributed by atoms with Crippen LogP contribution in [0.1, 0.15) is 62.6 Å². The number of likely N-dealkylation sites (tertiary alicyclic amines) is 1. The monoisotopic (exact) mass is 567 g/mol. The van der Waals surface area contributed by atoms with Crippen LogP contribution in [0.15, 0.2) is 40.4 Å². The van der Waals surface area contributed by atoms with Gasteiger partial charge in [-0.2, -0.15) is 0 Å². The SMILES string of the molecule is Cc1ncsc1-c1ccc([C@H](C)NC(=O)[C@@H]2C[C@@H](O)CN2C(=O)[C@@H](c2cc(OC3CCNC3)no2)C(C)C)cc1. The standard InChI is InChI=1S/C29H37N5O5S/c1-16(2)26(24-12-25(33-39-24)38-22-9-10-30-13-22)29(37)34-14-21(35)11-23(34)28(36)32-17(3)19-5-7-20(8-6-19)27-18(4)31-15-40-27/h5-8,12,15-17,21-23,26,30,35H,9-11,13-14H2,1-4H3,(H,32,36)/t17-,21+,22?,23-,26+/m0/s1. The van der Waals surface area contributed by atoms with Crippen LogP contribution in [0.25, 0.3) is 10.4 Å². The van der Waals surface area contributed by atoms with Crippen molar-refractivity contribution in [1.82, 2.24) is 25.7 Å². The van der Waals surface area contributed by atoms with Crippen molar-refractivity contribution in [2.75, 3.05) is 19.6 Å². The molecule has 40 heavy (non-hydrogen) atoms. The highest BCUT2D eigenvalue weighted by atomic mass is 32.1. The smallest absolute Gasteiger partial charge is 0.254 e. The minimum absolute atomic E-state index is 0.0166. The first-order valence-corrected chi connectivity index (χ1v) is 14.7. The number of β-amino-alcohol motifs (C(OH)–C–C–N with tert-alkyl or cyclic N) is 1. The summed E-state index contributed by atoms with van der Waals surface area (Å²) in [5, 5.41) is 20.8. The Balaban J connectivity index is 1.27. The van der Waals surface area contributed by atoms with Crippen molar-refractivity contribution in [3.05, 3.63) is 52.9 Å². The second kappa shape index (κ2) is 12.1. The summed E-state index contributed by atoms with van der Waals surface area (Å²) < 4.78 is 11.4. The van der Waals surface area contributed by atoms with E-state index in [1.807, 2.05) is 57.5 Å². The Morgan fingerprint density at radius 1 is 1.25 bits per heavy atom. The van der Waals surface area contributed by atoms with Gasteiger partial charge in [0.1, 0.15) is 18.1 Å². The zero-order valence-electron chi connectivity index (χ0n) is 23.3. The van der Waals surface area contributed by atoms with Crippen LogP contribution >= 0.6 is 11.3 Å². The van der Waals surface area contributed by atoms with E-state index < -0.39 is 18.1 Å². The molecule has 0 bridgehead atoms. The number of ether oxygens (including phenoxy) is 1. The van der Waals surface area contributed by atoms with E-state index in [1.54, 1.807) is 17.4 Å². The molecule has 11 heteroatoms. The van der Waals surface area contributed by atoms with Crippen LogP contribution in [0, 0.1) is 12.8 Å². The van der Waals surface area contributed by atoms with E-state index >= 15 is 0 Å². The molecule has 0 aliphatic carbocycles. The molecule has 5 atom stereocenters. The van der Waals surface area contributed by atoms with Crippen LogP contribution in [0.4, 0.5) is 0 Å². The molecular formula is C29H37N5O5S. The minimum atomic E-state index is -0.784. The lowest BCUT2D eigenvalue weighted by Crippen LogP contribution is -2.48. The van der Waals surface area contributed by atoms with Gasteiger partial charge in [-0.15, -0.1) is 11.3 Å². The highest BCUT2D eigenvalue weighted by molar-refractivity contribution is 7.13. The van der Waals surface area contributed by atoms with Gasteiger partial charge in [-0.05, 0) is 49.0 Å². The third-order valence-electron chi connectivity index (χ3n) is 7.69. The highest BCUT2D eigenvalue weighted by Gasteiger charge is 2.43. The lowest BCUT2D eigenvalue weighted by Gasteiger charge is -2.29. The van der Waals surface area contributed by atoms with E-state index in [-0.39, 0.29) is 42.8 Å². The third-order valence-corrected chi connectivity index (χ3v) is 8.67. The number of benzene rings is 1. The molecule has 2 aliphatic heterocycles. The predicted molar refractivity (Wildman–Crippen MR) is 151 cm³/mol. The second-order valence-corrected chi connectivity index (χ2v) is 11.9. The quantitative estimate of drug-likeness (QED) is 0.359. The van der Waals surface area contributed by atoms with Crippen LogP contribution in [0.2, 0.25) is 0 Å². The summed E-state index contributed by atoms with van der Waals surface area (Å²) >= 11 is 1.60. The fourth-order valence-corrected chi connectivity index (χ4v) is 6.30. The number of nitrogens with zero attached hydrogens (tertiary/aromatic N) is 3. The number of amides is 2. The molecule has 2 amide bonds. The topological polar surface area (TPSA) is 130 Å². The molecule has 4 heterocycles. The van der Waals surface area contributed by atoms with Gasteiger partial charge in [0.05, 0.1) is 28.2 Å². The number of thiazole rings is 1. The van der Waals surface area contributed by atoms with Crippen molar-refractivity contribution in [2.24, 2.45) is 5.92 Å². The van der Waals surface area contributed by atoms with E-state index in [1.165, 1.54) is 4.90 Å². The molecule has 2 aliphatic rings. The molecular weight excluding hydrogens is 530 g/mol. The first kappa shape index (κ1) is 28.3. The molecule has 1 aromatic carbocycles. The Labute approximate surface area is 238 Å². The molecule has 0 spiro atoms. The summed E-state index contributed by atoms with van der Waals surface area (Å²) in [5.41, 5.74) is 4.85. The number of carbonyl (C=O) groups excluding carboxylic acids is 2. The van der Waals surface area contributed by atoms with Crippen molar-refractivity contribution < 1.29 is 24.0 Å². The van der Waals surface area contributed by atoms with E-state index in [0.717, 1.165) is 41.2 Å². The molecule has 2 aromatic heterocycles. The molecule has 0 radical (unpaired) electrons. The number of hydrogen-bond donors (Lipinski definition) is 3. The first-order chi connectivity index (χ1) is 19.2. The van der Waals surface area contributed by atoms with Crippen molar-refractivity contribution in [3.8, 4) is 16.3 Å². The molecule has 3 N–H and O–H groups in total. The largest absolute Gasteiger partial charge is 0.471 e. The lowest BCUT2D eigenvalue weighted by molar-refractivity contribution is -0.141. The van der Waals surface area contributed by atoms with Gasteiger partial charge >= 0.3 is 0 Å². The fraction of sp³-hybridized carbons (Fsp3) is 0.517. The van der Waals surface area contributed by atoms with Gasteiger partial charge in [0.2, 0.25) is 11.8 Å². The Morgan fingerprint density at radius 3 is 2.67 bits per heavy atom. The fourth-order valence-electron chi connectivity index (χ4n) is 5.49. The van der Waals surface area contributed by atoms with Gasteiger partial charge in [-0.1, -0.05) is 38.1 Å². The Bertz CT molecular complexity index is 1320. The molecule has 0 saturated carbocycles. The highest BCUT2D eigenvalue weighted by Crippen LogP contribution is 2.33. The van der Waals surface area contributed by atoms with Crippen molar-refractivity contribution >= 4 is 23.2 Å². The number of rotatable bonds is 9.